The number of hydrogen-bond acceptors (Lipinski definition) is 3. The van der Waals surface area contributed by atoms with Crippen molar-refractivity contribution in [1.29, 1.82) is 0 Å². The Bertz CT molecular complexity index is 688. The smallest absolute Gasteiger partial charge is 0.263 e. The lowest BCUT2D eigenvalue weighted by atomic mass is 10.2. The van der Waals surface area contributed by atoms with Gasteiger partial charge in [0.05, 0.1) is 4.90 Å². The van der Waals surface area contributed by atoms with Crippen LogP contribution in [0.1, 0.15) is 30.0 Å². The Morgan fingerprint density at radius 2 is 1.95 bits per heavy atom. The minimum Gasteiger partial charge on any atom is -0.280 e. The van der Waals surface area contributed by atoms with Crippen LogP contribution < -0.4 is 4.72 Å². The molecule has 0 aliphatic heterocycles. The molecule has 1 aliphatic rings. The maximum atomic E-state index is 12.2. The molecule has 0 saturated heterocycles. The Morgan fingerprint density at radius 3 is 2.58 bits per heavy atom. The molecule has 0 radical (unpaired) electrons. The van der Waals surface area contributed by atoms with E-state index in [9.17, 15) is 8.42 Å². The number of aromatic nitrogens is 2. The van der Waals surface area contributed by atoms with Crippen LogP contribution in [0.25, 0.3) is 0 Å². The van der Waals surface area contributed by atoms with Crippen LogP contribution in [0.15, 0.2) is 35.2 Å². The first kappa shape index (κ1) is 12.2. The lowest BCUT2D eigenvalue weighted by molar-refractivity contribution is 0.601. The second kappa shape index (κ2) is 4.38. The van der Waals surface area contributed by atoms with Gasteiger partial charge in [0.15, 0.2) is 5.82 Å². The van der Waals surface area contributed by atoms with Crippen molar-refractivity contribution in [1.82, 2.24) is 10.2 Å². The Hall–Kier alpha value is -1.82. The number of rotatable bonds is 4. The maximum Gasteiger partial charge on any atom is 0.263 e. The van der Waals surface area contributed by atoms with Gasteiger partial charge in [0.1, 0.15) is 0 Å². The highest BCUT2D eigenvalue weighted by Crippen LogP contribution is 2.41. The van der Waals surface area contributed by atoms with E-state index >= 15 is 0 Å². The molecule has 2 aromatic rings. The number of nitrogens with zero attached hydrogens (tertiary/aromatic N) is 1. The van der Waals surface area contributed by atoms with Gasteiger partial charge in [-0.15, -0.1) is 0 Å². The Balaban J connectivity index is 1.89. The molecule has 1 aromatic heterocycles. The summed E-state index contributed by atoms with van der Waals surface area (Å²) in [6, 6.07) is 8.30. The Labute approximate surface area is 112 Å². The van der Waals surface area contributed by atoms with Gasteiger partial charge in [0.25, 0.3) is 10.0 Å². The molecule has 0 atom stereocenters. The molecule has 100 valence electrons. The van der Waals surface area contributed by atoms with Gasteiger partial charge in [0.2, 0.25) is 0 Å². The van der Waals surface area contributed by atoms with Gasteiger partial charge in [-0.1, -0.05) is 18.2 Å². The summed E-state index contributed by atoms with van der Waals surface area (Å²) in [5.41, 5.74) is 1.94. The number of hydrogen-bond donors (Lipinski definition) is 2. The molecule has 0 spiro atoms. The molecule has 5 nitrogen and oxygen atoms in total. The highest BCUT2D eigenvalue weighted by Gasteiger charge is 2.29. The predicted molar refractivity (Wildman–Crippen MR) is 72.6 cm³/mol. The molecule has 0 unspecified atom stereocenters. The maximum absolute atomic E-state index is 12.2. The van der Waals surface area contributed by atoms with Crippen LogP contribution in [0.4, 0.5) is 5.82 Å². The van der Waals surface area contributed by atoms with Crippen molar-refractivity contribution in [2.24, 2.45) is 0 Å². The quantitative estimate of drug-likeness (QED) is 0.901. The molecule has 1 fully saturated rings. The van der Waals surface area contributed by atoms with Crippen LogP contribution in [-0.2, 0) is 10.0 Å². The van der Waals surface area contributed by atoms with Crippen LogP contribution in [-0.4, -0.2) is 18.6 Å². The zero-order valence-corrected chi connectivity index (χ0v) is 11.4. The van der Waals surface area contributed by atoms with Gasteiger partial charge in [-0.2, -0.15) is 5.10 Å². The molecule has 2 N–H and O–H groups in total. The summed E-state index contributed by atoms with van der Waals surface area (Å²) in [6.07, 6.45) is 2.29. The first-order valence-electron chi connectivity index (χ1n) is 6.20. The molecule has 0 amide bonds. The Morgan fingerprint density at radius 1 is 1.26 bits per heavy atom. The van der Waals surface area contributed by atoms with Gasteiger partial charge >= 0.3 is 0 Å². The van der Waals surface area contributed by atoms with E-state index in [0.29, 0.717) is 11.7 Å². The third kappa shape index (κ3) is 2.35. The summed E-state index contributed by atoms with van der Waals surface area (Å²) in [5, 5.41) is 7.01. The third-order valence-corrected chi connectivity index (χ3v) is 4.67. The van der Waals surface area contributed by atoms with E-state index in [1.165, 1.54) is 0 Å². The molecule has 6 heteroatoms. The number of sulfonamides is 1. The lowest BCUT2D eigenvalue weighted by Crippen LogP contribution is -2.13. The fourth-order valence-electron chi connectivity index (χ4n) is 2.07. The SMILES string of the molecule is Cc1c(NS(=O)(=O)c2ccccc2)n[nH]c1C1CC1. The zero-order chi connectivity index (χ0) is 13.5. The third-order valence-electron chi connectivity index (χ3n) is 3.32. The summed E-state index contributed by atoms with van der Waals surface area (Å²) < 4.78 is 26.9. The van der Waals surface area contributed by atoms with E-state index in [1.807, 2.05) is 6.92 Å². The Kier molecular flexibility index (Phi) is 2.82. The van der Waals surface area contributed by atoms with Crippen molar-refractivity contribution in [3.8, 4) is 0 Å². The van der Waals surface area contributed by atoms with E-state index in [1.54, 1.807) is 30.3 Å². The summed E-state index contributed by atoms with van der Waals surface area (Å²) in [7, 11) is -3.56. The molecular formula is C13H15N3O2S. The topological polar surface area (TPSA) is 74.8 Å². The van der Waals surface area contributed by atoms with E-state index in [0.717, 1.165) is 24.1 Å². The largest absolute Gasteiger partial charge is 0.280 e. The first-order valence-corrected chi connectivity index (χ1v) is 7.69. The lowest BCUT2D eigenvalue weighted by Gasteiger charge is -2.06. The van der Waals surface area contributed by atoms with Crippen molar-refractivity contribution in [2.45, 2.75) is 30.6 Å². The zero-order valence-electron chi connectivity index (χ0n) is 10.6. The highest BCUT2D eigenvalue weighted by atomic mass is 32.2. The highest BCUT2D eigenvalue weighted by molar-refractivity contribution is 7.92. The molecule has 1 heterocycles. The van der Waals surface area contributed by atoms with E-state index < -0.39 is 10.0 Å². The number of anilines is 1. The van der Waals surface area contributed by atoms with Crippen LogP contribution >= 0.6 is 0 Å². The van der Waals surface area contributed by atoms with Crippen molar-refractivity contribution in [2.75, 3.05) is 4.72 Å². The van der Waals surface area contributed by atoms with Crippen molar-refractivity contribution >= 4 is 15.8 Å². The van der Waals surface area contributed by atoms with Gasteiger partial charge in [0, 0.05) is 17.2 Å². The van der Waals surface area contributed by atoms with Crippen molar-refractivity contribution in [3.63, 3.8) is 0 Å². The fourth-order valence-corrected chi connectivity index (χ4v) is 3.15. The molecule has 1 saturated carbocycles. The molecule has 1 aromatic carbocycles. The van der Waals surface area contributed by atoms with Gasteiger partial charge in [-0.25, -0.2) is 8.42 Å². The van der Waals surface area contributed by atoms with Gasteiger partial charge in [-0.3, -0.25) is 9.82 Å². The summed E-state index contributed by atoms with van der Waals surface area (Å²) >= 11 is 0. The minimum absolute atomic E-state index is 0.241. The van der Waals surface area contributed by atoms with Crippen LogP contribution in [0, 0.1) is 6.92 Å². The number of nitrogens with one attached hydrogen (secondary N) is 2. The van der Waals surface area contributed by atoms with Gasteiger partial charge < -0.3 is 0 Å². The molecule has 0 bridgehead atoms. The first-order chi connectivity index (χ1) is 9.08. The number of benzene rings is 1. The van der Waals surface area contributed by atoms with Gasteiger partial charge in [-0.05, 0) is 31.9 Å². The monoisotopic (exact) mass is 277 g/mol. The van der Waals surface area contributed by atoms with E-state index in [-0.39, 0.29) is 4.90 Å². The average molecular weight is 277 g/mol. The number of H-pyrrole nitrogens is 1. The molecule has 19 heavy (non-hydrogen) atoms. The van der Waals surface area contributed by atoms with Crippen molar-refractivity contribution in [3.05, 3.63) is 41.6 Å². The average Bonchev–Trinajstić information content (AvgIpc) is 3.18. The van der Waals surface area contributed by atoms with E-state index in [4.69, 9.17) is 0 Å². The second-order valence-corrected chi connectivity index (χ2v) is 6.49. The molecule has 1 aliphatic carbocycles. The van der Waals surface area contributed by atoms with E-state index in [2.05, 4.69) is 14.9 Å². The van der Waals surface area contributed by atoms with Crippen LogP contribution in [0.5, 0.6) is 0 Å². The second-order valence-electron chi connectivity index (χ2n) is 4.80. The number of aromatic amines is 1. The molecular weight excluding hydrogens is 262 g/mol. The van der Waals surface area contributed by atoms with Crippen LogP contribution in [0.3, 0.4) is 0 Å². The predicted octanol–water partition coefficient (Wildman–Crippen LogP) is 2.40. The minimum atomic E-state index is -3.56. The summed E-state index contributed by atoms with van der Waals surface area (Å²) in [4.78, 5) is 0.241. The summed E-state index contributed by atoms with van der Waals surface area (Å²) in [6.45, 7) is 1.89. The molecule has 3 rings (SSSR count). The normalized spacial score (nSPS) is 15.4. The summed E-state index contributed by atoms with van der Waals surface area (Å²) in [5.74, 6) is 0.910. The fraction of sp³-hybridized carbons (Fsp3) is 0.308. The standard InChI is InChI=1S/C13H15N3O2S/c1-9-12(10-7-8-10)14-15-13(9)16-19(17,18)11-5-3-2-4-6-11/h2-6,10H,7-8H2,1H3,(H2,14,15,16). The van der Waals surface area contributed by atoms with Crippen molar-refractivity contribution < 1.29 is 8.42 Å². The van der Waals surface area contributed by atoms with Crippen LogP contribution in [0.2, 0.25) is 0 Å².